The van der Waals surface area contributed by atoms with E-state index in [9.17, 15) is 39.6 Å². The molecule has 0 aliphatic heterocycles. The van der Waals surface area contributed by atoms with Gasteiger partial charge in [-0.1, -0.05) is 54.6 Å². The van der Waals surface area contributed by atoms with Gasteiger partial charge in [-0.15, -0.1) is 0 Å². The lowest BCUT2D eigenvalue weighted by molar-refractivity contribution is -0.181. The minimum atomic E-state index is -3.59. The molecular formula is C18H14O8. The maximum atomic E-state index is 11.9. The van der Waals surface area contributed by atoms with Crippen LogP contribution in [0.1, 0.15) is 11.5 Å². The normalized spacial score (nSPS) is 12.2. The number of benzene rings is 2. The number of carbonyl (C=O) groups is 4. The number of carboxylic acid groups (broad SMARTS) is 4. The van der Waals surface area contributed by atoms with Gasteiger partial charge in [0, 0.05) is 0 Å². The average molecular weight is 358 g/mol. The summed E-state index contributed by atoms with van der Waals surface area (Å²) in [6, 6.07) is 13.9. The molecule has 2 aromatic rings. The second-order valence-corrected chi connectivity index (χ2v) is 5.45. The van der Waals surface area contributed by atoms with Gasteiger partial charge in [-0.25, -0.2) is 0 Å². The van der Waals surface area contributed by atoms with Crippen molar-refractivity contribution >= 4 is 23.9 Å². The summed E-state index contributed by atoms with van der Waals surface area (Å²) in [5.41, 5.74) is -3.09. The van der Waals surface area contributed by atoms with Crippen LogP contribution in [-0.2, 0) is 19.2 Å². The molecule has 134 valence electrons. The summed E-state index contributed by atoms with van der Waals surface area (Å²) in [6.07, 6.45) is 0. The van der Waals surface area contributed by atoms with E-state index in [2.05, 4.69) is 0 Å². The van der Waals surface area contributed by atoms with Crippen LogP contribution in [0.2, 0.25) is 0 Å². The van der Waals surface area contributed by atoms with Crippen LogP contribution < -0.4 is 0 Å². The predicted octanol–water partition coefficient (Wildman–Crippen LogP) is 1.76. The van der Waals surface area contributed by atoms with Gasteiger partial charge < -0.3 is 20.4 Å². The van der Waals surface area contributed by atoms with Gasteiger partial charge >= 0.3 is 23.9 Å². The first-order valence-electron chi connectivity index (χ1n) is 7.31. The monoisotopic (exact) mass is 358 g/mol. The highest BCUT2D eigenvalue weighted by Gasteiger charge is 2.64. The van der Waals surface area contributed by atoms with Crippen LogP contribution in [0.25, 0.3) is 11.1 Å². The van der Waals surface area contributed by atoms with Crippen LogP contribution in [0.4, 0.5) is 0 Å². The third-order valence-electron chi connectivity index (χ3n) is 4.05. The van der Waals surface area contributed by atoms with Crippen molar-refractivity contribution in [2.24, 2.45) is 5.41 Å². The molecule has 8 nitrogen and oxygen atoms in total. The van der Waals surface area contributed by atoms with E-state index in [1.54, 1.807) is 36.4 Å². The quantitative estimate of drug-likeness (QED) is 0.547. The molecule has 0 bridgehead atoms. The second kappa shape index (κ2) is 7.06. The third-order valence-corrected chi connectivity index (χ3v) is 4.05. The number of aliphatic carboxylic acids is 4. The molecule has 0 aliphatic carbocycles. The molecule has 0 radical (unpaired) electrons. The smallest absolute Gasteiger partial charge is 0.334 e. The molecule has 0 fully saturated rings. The Kier molecular flexibility index (Phi) is 5.06. The number of rotatable bonds is 7. The van der Waals surface area contributed by atoms with Gasteiger partial charge in [-0.3, -0.25) is 19.2 Å². The largest absolute Gasteiger partial charge is 0.481 e. The summed E-state index contributed by atoms with van der Waals surface area (Å²) < 4.78 is 0. The van der Waals surface area contributed by atoms with Crippen molar-refractivity contribution in [2.45, 2.75) is 5.92 Å². The van der Waals surface area contributed by atoms with E-state index >= 15 is 0 Å². The van der Waals surface area contributed by atoms with Crippen molar-refractivity contribution < 1.29 is 39.6 Å². The van der Waals surface area contributed by atoms with Crippen molar-refractivity contribution in [1.29, 1.82) is 0 Å². The molecule has 2 aromatic carbocycles. The Morgan fingerprint density at radius 3 is 1.62 bits per heavy atom. The minimum absolute atomic E-state index is 0.224. The summed E-state index contributed by atoms with van der Waals surface area (Å²) >= 11 is 0. The van der Waals surface area contributed by atoms with Crippen molar-refractivity contribution in [3.05, 3.63) is 60.2 Å². The third kappa shape index (κ3) is 2.88. The van der Waals surface area contributed by atoms with Crippen LogP contribution in [0.3, 0.4) is 0 Å². The molecule has 0 spiro atoms. The molecule has 1 atom stereocenters. The Bertz CT molecular complexity index is 836. The summed E-state index contributed by atoms with van der Waals surface area (Å²) in [5.74, 6) is -11.0. The highest BCUT2D eigenvalue weighted by Crippen LogP contribution is 2.42. The summed E-state index contributed by atoms with van der Waals surface area (Å²) in [4.78, 5) is 46.8. The van der Waals surface area contributed by atoms with Crippen molar-refractivity contribution in [1.82, 2.24) is 0 Å². The zero-order valence-corrected chi connectivity index (χ0v) is 13.2. The van der Waals surface area contributed by atoms with E-state index < -0.39 is 35.2 Å². The number of hydrogen-bond donors (Lipinski definition) is 4. The van der Waals surface area contributed by atoms with Gasteiger partial charge in [0.15, 0.2) is 0 Å². The fourth-order valence-corrected chi connectivity index (χ4v) is 2.83. The number of carboxylic acids is 4. The molecule has 8 heteroatoms. The molecule has 2 rings (SSSR count). The molecular weight excluding hydrogens is 344 g/mol. The molecule has 0 amide bonds. The zero-order valence-electron chi connectivity index (χ0n) is 13.2. The summed E-state index contributed by atoms with van der Waals surface area (Å²) in [7, 11) is 0. The fourth-order valence-electron chi connectivity index (χ4n) is 2.83. The van der Waals surface area contributed by atoms with Crippen LogP contribution in [0.5, 0.6) is 0 Å². The van der Waals surface area contributed by atoms with E-state index in [4.69, 9.17) is 0 Å². The maximum absolute atomic E-state index is 11.9. The molecule has 4 N–H and O–H groups in total. The van der Waals surface area contributed by atoms with Gasteiger partial charge in [-0.05, 0) is 16.7 Å². The molecule has 0 heterocycles. The van der Waals surface area contributed by atoms with Gasteiger partial charge in [-0.2, -0.15) is 0 Å². The van der Waals surface area contributed by atoms with Gasteiger partial charge in [0.25, 0.3) is 5.41 Å². The highest BCUT2D eigenvalue weighted by atomic mass is 16.4. The average Bonchev–Trinajstić information content (AvgIpc) is 2.59. The molecule has 1 unspecified atom stereocenters. The van der Waals surface area contributed by atoms with Crippen LogP contribution in [0, 0.1) is 5.41 Å². The van der Waals surface area contributed by atoms with E-state index in [1.165, 1.54) is 18.2 Å². The van der Waals surface area contributed by atoms with Crippen molar-refractivity contribution in [3.63, 3.8) is 0 Å². The van der Waals surface area contributed by atoms with Crippen LogP contribution in [0.15, 0.2) is 54.6 Å². The Hall–Kier alpha value is -3.68. The second-order valence-electron chi connectivity index (χ2n) is 5.45. The first-order valence-corrected chi connectivity index (χ1v) is 7.31. The summed E-state index contributed by atoms with van der Waals surface area (Å²) in [6.45, 7) is 0. The Morgan fingerprint density at radius 2 is 1.15 bits per heavy atom. The lowest BCUT2D eigenvalue weighted by Gasteiger charge is -2.28. The molecule has 0 aliphatic rings. The van der Waals surface area contributed by atoms with E-state index in [0.717, 1.165) is 0 Å². The van der Waals surface area contributed by atoms with Crippen molar-refractivity contribution in [2.75, 3.05) is 0 Å². The topological polar surface area (TPSA) is 149 Å². The Balaban J connectivity index is 2.85. The van der Waals surface area contributed by atoms with Gasteiger partial charge in [0.1, 0.15) is 5.92 Å². The van der Waals surface area contributed by atoms with E-state index in [0.29, 0.717) is 5.56 Å². The van der Waals surface area contributed by atoms with Crippen LogP contribution >= 0.6 is 0 Å². The predicted molar refractivity (Wildman–Crippen MR) is 87.6 cm³/mol. The van der Waals surface area contributed by atoms with Crippen molar-refractivity contribution in [3.8, 4) is 11.1 Å². The standard InChI is InChI=1S/C18H14O8/c19-14(20)13(18(15(21)22,16(23)24)17(25)26)12-9-5-4-8-11(12)10-6-2-1-3-7-10/h1-9,13H,(H,19,20)(H,21,22)(H,23,24)(H,25,26). The highest BCUT2D eigenvalue weighted by molar-refractivity contribution is 6.20. The lowest BCUT2D eigenvalue weighted by atomic mass is 9.70. The Morgan fingerprint density at radius 1 is 0.692 bits per heavy atom. The molecule has 0 aromatic heterocycles. The minimum Gasteiger partial charge on any atom is -0.481 e. The fraction of sp³-hybridized carbons (Fsp3) is 0.111. The first kappa shape index (κ1) is 18.7. The molecule has 26 heavy (non-hydrogen) atoms. The maximum Gasteiger partial charge on any atom is 0.334 e. The lowest BCUT2D eigenvalue weighted by Crippen LogP contribution is -2.53. The van der Waals surface area contributed by atoms with E-state index in [-0.39, 0.29) is 11.1 Å². The number of hydrogen-bond acceptors (Lipinski definition) is 4. The van der Waals surface area contributed by atoms with Crippen LogP contribution in [-0.4, -0.2) is 44.3 Å². The molecule has 0 saturated heterocycles. The zero-order chi connectivity index (χ0) is 19.5. The first-order chi connectivity index (χ1) is 12.2. The van der Waals surface area contributed by atoms with E-state index in [1.807, 2.05) is 0 Å². The molecule has 0 saturated carbocycles. The SMILES string of the molecule is O=C(O)C(c1ccccc1-c1ccccc1)C(C(=O)O)(C(=O)O)C(=O)O. The summed E-state index contributed by atoms with van der Waals surface area (Å²) in [5, 5.41) is 37.7. The van der Waals surface area contributed by atoms with Gasteiger partial charge in [0.2, 0.25) is 0 Å². The van der Waals surface area contributed by atoms with Gasteiger partial charge in [0.05, 0.1) is 0 Å². The Labute approximate surface area is 147 Å².